The van der Waals surface area contributed by atoms with Gasteiger partial charge in [-0.25, -0.2) is 0 Å². The van der Waals surface area contributed by atoms with Gasteiger partial charge in [0, 0.05) is 6.54 Å². The minimum atomic E-state index is -0.951. The van der Waals surface area contributed by atoms with Gasteiger partial charge in [-0.2, -0.15) is 0 Å². The van der Waals surface area contributed by atoms with Crippen LogP contribution in [0.25, 0.3) is 0 Å². The summed E-state index contributed by atoms with van der Waals surface area (Å²) in [6, 6.07) is 8.54. The van der Waals surface area contributed by atoms with Crippen LogP contribution in [0.4, 0.5) is 0 Å². The van der Waals surface area contributed by atoms with Gasteiger partial charge in [0.2, 0.25) is 5.91 Å². The van der Waals surface area contributed by atoms with Crippen LogP contribution in [0.1, 0.15) is 18.0 Å². The number of carboxylic acid groups (broad SMARTS) is 1. The Labute approximate surface area is 112 Å². The standard InChI is InChI=1S/C14H18N2O3/c1-2-8-15-10-13(17)16-12(9-14(18)19)11-6-4-3-5-7-11/h2-7,12,15H,1,8-10H2,(H,16,17)(H,18,19). The molecule has 1 unspecified atom stereocenters. The summed E-state index contributed by atoms with van der Waals surface area (Å²) in [4.78, 5) is 22.5. The highest BCUT2D eigenvalue weighted by molar-refractivity contribution is 5.79. The van der Waals surface area contributed by atoms with E-state index in [9.17, 15) is 9.59 Å². The van der Waals surface area contributed by atoms with Crippen LogP contribution in [0.2, 0.25) is 0 Å². The summed E-state index contributed by atoms with van der Waals surface area (Å²) in [5.74, 6) is -1.19. The van der Waals surface area contributed by atoms with Crippen molar-refractivity contribution in [2.24, 2.45) is 0 Å². The monoisotopic (exact) mass is 262 g/mol. The van der Waals surface area contributed by atoms with Gasteiger partial charge in [0.15, 0.2) is 0 Å². The fourth-order valence-corrected chi connectivity index (χ4v) is 1.65. The molecule has 0 radical (unpaired) electrons. The lowest BCUT2D eigenvalue weighted by atomic mass is 10.0. The Kier molecular flexibility index (Phi) is 6.32. The number of aliphatic carboxylic acids is 1. The van der Waals surface area contributed by atoms with E-state index in [0.717, 1.165) is 5.56 Å². The first kappa shape index (κ1) is 14.9. The second-order valence-electron chi connectivity index (χ2n) is 4.05. The zero-order valence-electron chi connectivity index (χ0n) is 10.6. The Bertz CT molecular complexity index is 432. The Morgan fingerprint density at radius 3 is 2.58 bits per heavy atom. The van der Waals surface area contributed by atoms with Crippen molar-refractivity contribution in [1.82, 2.24) is 10.6 Å². The third-order valence-electron chi connectivity index (χ3n) is 2.49. The highest BCUT2D eigenvalue weighted by Crippen LogP contribution is 2.16. The number of carboxylic acids is 1. The number of hydrogen-bond acceptors (Lipinski definition) is 3. The van der Waals surface area contributed by atoms with Crippen molar-refractivity contribution in [2.75, 3.05) is 13.1 Å². The van der Waals surface area contributed by atoms with Crippen molar-refractivity contribution >= 4 is 11.9 Å². The molecule has 1 aromatic rings. The van der Waals surface area contributed by atoms with Crippen LogP contribution >= 0.6 is 0 Å². The maximum Gasteiger partial charge on any atom is 0.305 e. The average molecular weight is 262 g/mol. The molecule has 1 rings (SSSR count). The SMILES string of the molecule is C=CCNCC(=O)NC(CC(=O)O)c1ccccc1. The van der Waals surface area contributed by atoms with Crippen LogP contribution in [-0.4, -0.2) is 30.1 Å². The van der Waals surface area contributed by atoms with Gasteiger partial charge < -0.3 is 15.7 Å². The Morgan fingerprint density at radius 2 is 2.00 bits per heavy atom. The van der Waals surface area contributed by atoms with Crippen LogP contribution < -0.4 is 10.6 Å². The molecule has 1 atom stereocenters. The fourth-order valence-electron chi connectivity index (χ4n) is 1.65. The molecule has 0 heterocycles. The summed E-state index contributed by atoms with van der Waals surface area (Å²) >= 11 is 0. The first-order chi connectivity index (χ1) is 9.13. The zero-order valence-corrected chi connectivity index (χ0v) is 10.6. The molecule has 0 aliphatic heterocycles. The van der Waals surface area contributed by atoms with Crippen LogP contribution in [0.3, 0.4) is 0 Å². The van der Waals surface area contributed by atoms with Crippen LogP contribution in [0.5, 0.6) is 0 Å². The molecule has 0 saturated carbocycles. The van der Waals surface area contributed by atoms with Crippen LogP contribution in [0.15, 0.2) is 43.0 Å². The van der Waals surface area contributed by atoms with E-state index >= 15 is 0 Å². The molecule has 1 aromatic carbocycles. The van der Waals surface area contributed by atoms with E-state index in [4.69, 9.17) is 5.11 Å². The van der Waals surface area contributed by atoms with E-state index in [1.54, 1.807) is 18.2 Å². The number of hydrogen-bond donors (Lipinski definition) is 3. The molecule has 1 amide bonds. The predicted molar refractivity (Wildman–Crippen MR) is 72.6 cm³/mol. The van der Waals surface area contributed by atoms with E-state index in [2.05, 4.69) is 17.2 Å². The lowest BCUT2D eigenvalue weighted by Crippen LogP contribution is -2.37. The van der Waals surface area contributed by atoms with Crippen molar-refractivity contribution in [1.29, 1.82) is 0 Å². The summed E-state index contributed by atoms with van der Waals surface area (Å²) in [7, 11) is 0. The number of carbonyl (C=O) groups is 2. The van der Waals surface area contributed by atoms with Gasteiger partial charge in [-0.05, 0) is 5.56 Å². The van der Waals surface area contributed by atoms with Crippen molar-refractivity contribution in [2.45, 2.75) is 12.5 Å². The quantitative estimate of drug-likeness (QED) is 0.484. The predicted octanol–water partition coefficient (Wildman–Crippen LogP) is 1.09. The molecule has 0 aromatic heterocycles. The van der Waals surface area contributed by atoms with E-state index in [-0.39, 0.29) is 18.9 Å². The highest BCUT2D eigenvalue weighted by atomic mass is 16.4. The lowest BCUT2D eigenvalue weighted by molar-refractivity contribution is -0.137. The van der Waals surface area contributed by atoms with Gasteiger partial charge in [0.05, 0.1) is 19.0 Å². The van der Waals surface area contributed by atoms with Gasteiger partial charge in [-0.3, -0.25) is 9.59 Å². The van der Waals surface area contributed by atoms with Crippen molar-refractivity contribution in [3.63, 3.8) is 0 Å². The zero-order chi connectivity index (χ0) is 14.1. The highest BCUT2D eigenvalue weighted by Gasteiger charge is 2.17. The molecule has 0 bridgehead atoms. The van der Waals surface area contributed by atoms with Gasteiger partial charge in [-0.1, -0.05) is 36.4 Å². The van der Waals surface area contributed by atoms with Crippen molar-refractivity contribution in [3.05, 3.63) is 48.6 Å². The van der Waals surface area contributed by atoms with Gasteiger partial charge in [0.1, 0.15) is 0 Å². The van der Waals surface area contributed by atoms with Crippen molar-refractivity contribution in [3.8, 4) is 0 Å². The third-order valence-corrected chi connectivity index (χ3v) is 2.49. The molecule has 19 heavy (non-hydrogen) atoms. The minimum Gasteiger partial charge on any atom is -0.481 e. The molecular weight excluding hydrogens is 244 g/mol. The van der Waals surface area contributed by atoms with Crippen LogP contribution in [-0.2, 0) is 9.59 Å². The lowest BCUT2D eigenvalue weighted by Gasteiger charge is -2.17. The molecule has 5 heteroatoms. The molecule has 0 saturated heterocycles. The summed E-state index contributed by atoms with van der Waals surface area (Å²) in [6.45, 7) is 4.20. The molecule has 0 aliphatic carbocycles. The molecule has 0 spiro atoms. The number of rotatable bonds is 8. The summed E-state index contributed by atoms with van der Waals surface area (Å²) in [5, 5.41) is 14.5. The van der Waals surface area contributed by atoms with Gasteiger partial charge in [-0.15, -0.1) is 6.58 Å². The molecule has 0 fully saturated rings. The largest absolute Gasteiger partial charge is 0.481 e. The van der Waals surface area contributed by atoms with E-state index in [1.807, 2.05) is 18.2 Å². The van der Waals surface area contributed by atoms with E-state index in [0.29, 0.717) is 6.54 Å². The summed E-state index contributed by atoms with van der Waals surface area (Å²) < 4.78 is 0. The van der Waals surface area contributed by atoms with Gasteiger partial charge in [0.25, 0.3) is 0 Å². The maximum absolute atomic E-state index is 11.7. The van der Waals surface area contributed by atoms with Crippen LogP contribution in [0, 0.1) is 0 Å². The molecule has 5 nitrogen and oxygen atoms in total. The number of nitrogens with one attached hydrogen (secondary N) is 2. The summed E-state index contributed by atoms with van der Waals surface area (Å²) in [5.41, 5.74) is 0.780. The normalized spacial score (nSPS) is 11.6. The summed E-state index contributed by atoms with van der Waals surface area (Å²) in [6.07, 6.45) is 1.51. The Hall–Kier alpha value is -2.14. The van der Waals surface area contributed by atoms with E-state index < -0.39 is 12.0 Å². The Morgan fingerprint density at radius 1 is 1.32 bits per heavy atom. The molecular formula is C14H18N2O3. The first-order valence-corrected chi connectivity index (χ1v) is 6.01. The Balaban J connectivity index is 2.62. The topological polar surface area (TPSA) is 78.4 Å². The number of amides is 1. The van der Waals surface area contributed by atoms with E-state index in [1.165, 1.54) is 0 Å². The first-order valence-electron chi connectivity index (χ1n) is 6.01. The number of benzene rings is 1. The van der Waals surface area contributed by atoms with Gasteiger partial charge >= 0.3 is 5.97 Å². The molecule has 102 valence electrons. The second-order valence-corrected chi connectivity index (χ2v) is 4.05. The smallest absolute Gasteiger partial charge is 0.305 e. The second kappa shape index (κ2) is 8.05. The minimum absolute atomic E-state index is 0.134. The number of carbonyl (C=O) groups excluding carboxylic acids is 1. The average Bonchev–Trinajstić information content (AvgIpc) is 2.39. The molecule has 0 aliphatic rings. The molecule has 3 N–H and O–H groups in total. The fraction of sp³-hybridized carbons (Fsp3) is 0.286. The maximum atomic E-state index is 11.7. The third kappa shape index (κ3) is 5.83. The van der Waals surface area contributed by atoms with Crippen molar-refractivity contribution < 1.29 is 14.7 Å².